The van der Waals surface area contributed by atoms with Crippen LogP contribution in [0.25, 0.3) is 21.6 Å². The van der Waals surface area contributed by atoms with Crippen LogP contribution in [0.4, 0.5) is 0 Å². The number of nitrogens with zero attached hydrogens (tertiary/aromatic N) is 1. The number of hydrogen-bond acceptors (Lipinski definition) is 6. The van der Waals surface area contributed by atoms with Crippen molar-refractivity contribution in [1.29, 1.82) is 0 Å². The molecule has 23 heavy (non-hydrogen) atoms. The SMILES string of the molecule is COc1cc(-c2sncc2-c2ccc([O-])cc2)cc2c1OCO2. The molecule has 0 spiro atoms. The van der Waals surface area contributed by atoms with Crippen LogP contribution >= 0.6 is 11.5 Å². The van der Waals surface area contributed by atoms with Crippen LogP contribution < -0.4 is 19.3 Å². The van der Waals surface area contributed by atoms with Gasteiger partial charge in [0.15, 0.2) is 11.5 Å². The van der Waals surface area contributed by atoms with E-state index in [1.807, 2.05) is 12.1 Å². The highest BCUT2D eigenvalue weighted by atomic mass is 32.1. The Morgan fingerprint density at radius 2 is 1.96 bits per heavy atom. The van der Waals surface area contributed by atoms with E-state index in [-0.39, 0.29) is 12.5 Å². The Hall–Kier alpha value is -2.73. The molecule has 0 aliphatic carbocycles. The van der Waals surface area contributed by atoms with Crippen molar-refractivity contribution < 1.29 is 19.3 Å². The maximum absolute atomic E-state index is 11.3. The topological polar surface area (TPSA) is 63.6 Å². The van der Waals surface area contributed by atoms with Gasteiger partial charge in [-0.25, -0.2) is 0 Å². The van der Waals surface area contributed by atoms with E-state index in [0.29, 0.717) is 17.2 Å². The fraction of sp³-hybridized carbons (Fsp3) is 0.118. The Labute approximate surface area is 136 Å². The Balaban J connectivity index is 1.83. The molecule has 0 saturated heterocycles. The summed E-state index contributed by atoms with van der Waals surface area (Å²) in [6, 6.07) is 10.5. The molecule has 1 aliphatic heterocycles. The normalized spacial score (nSPS) is 12.4. The van der Waals surface area contributed by atoms with Crippen molar-refractivity contribution in [2.24, 2.45) is 0 Å². The highest BCUT2D eigenvalue weighted by Crippen LogP contribution is 2.46. The van der Waals surface area contributed by atoms with Crippen molar-refractivity contribution in [3.8, 4) is 44.6 Å². The van der Waals surface area contributed by atoms with E-state index in [1.165, 1.54) is 11.5 Å². The molecule has 0 N–H and O–H groups in total. The molecular formula is C17H12NO4S-. The molecule has 0 atom stereocenters. The minimum absolute atomic E-state index is 0.0109. The Morgan fingerprint density at radius 3 is 2.74 bits per heavy atom. The Kier molecular flexibility index (Phi) is 3.31. The smallest absolute Gasteiger partial charge is 0.231 e. The van der Waals surface area contributed by atoms with Gasteiger partial charge in [-0.05, 0) is 29.2 Å². The summed E-state index contributed by atoms with van der Waals surface area (Å²) in [4.78, 5) is 0.986. The van der Waals surface area contributed by atoms with Crippen molar-refractivity contribution in [3.63, 3.8) is 0 Å². The molecule has 0 unspecified atom stereocenters. The molecule has 116 valence electrons. The zero-order chi connectivity index (χ0) is 15.8. The van der Waals surface area contributed by atoms with Crippen LogP contribution in [-0.2, 0) is 0 Å². The maximum Gasteiger partial charge on any atom is 0.231 e. The van der Waals surface area contributed by atoms with Crippen LogP contribution in [0.2, 0.25) is 0 Å². The van der Waals surface area contributed by atoms with Crippen molar-refractivity contribution in [2.45, 2.75) is 0 Å². The van der Waals surface area contributed by atoms with Gasteiger partial charge in [-0.1, -0.05) is 24.3 Å². The van der Waals surface area contributed by atoms with Gasteiger partial charge < -0.3 is 19.3 Å². The van der Waals surface area contributed by atoms with Crippen LogP contribution in [-0.4, -0.2) is 18.3 Å². The van der Waals surface area contributed by atoms with Gasteiger partial charge >= 0.3 is 0 Å². The number of benzene rings is 2. The van der Waals surface area contributed by atoms with Gasteiger partial charge in [0.25, 0.3) is 0 Å². The number of ether oxygens (including phenoxy) is 3. The first-order valence-electron chi connectivity index (χ1n) is 6.96. The van der Waals surface area contributed by atoms with Crippen LogP contribution in [0.3, 0.4) is 0 Å². The van der Waals surface area contributed by atoms with Crippen LogP contribution in [0.15, 0.2) is 42.6 Å². The van der Waals surface area contributed by atoms with Crippen LogP contribution in [0, 0.1) is 0 Å². The molecular weight excluding hydrogens is 314 g/mol. The monoisotopic (exact) mass is 326 g/mol. The lowest BCUT2D eigenvalue weighted by atomic mass is 10.0. The number of methoxy groups -OCH3 is 1. The van der Waals surface area contributed by atoms with Crippen molar-refractivity contribution in [1.82, 2.24) is 4.37 Å². The van der Waals surface area contributed by atoms with Gasteiger partial charge in [0.1, 0.15) is 0 Å². The molecule has 4 rings (SSSR count). The molecule has 0 saturated carbocycles. The van der Waals surface area contributed by atoms with E-state index in [2.05, 4.69) is 4.37 Å². The van der Waals surface area contributed by atoms with Crippen molar-refractivity contribution in [3.05, 3.63) is 42.6 Å². The second-order valence-electron chi connectivity index (χ2n) is 5.01. The zero-order valence-corrected chi connectivity index (χ0v) is 13.1. The summed E-state index contributed by atoms with van der Waals surface area (Å²) in [5.74, 6) is 1.90. The fourth-order valence-corrected chi connectivity index (χ4v) is 3.30. The summed E-state index contributed by atoms with van der Waals surface area (Å²) < 4.78 is 20.6. The predicted molar refractivity (Wildman–Crippen MR) is 85.1 cm³/mol. The summed E-state index contributed by atoms with van der Waals surface area (Å²) in [7, 11) is 1.60. The van der Waals surface area contributed by atoms with Gasteiger partial charge in [0.2, 0.25) is 12.5 Å². The lowest BCUT2D eigenvalue weighted by Crippen LogP contribution is -1.93. The molecule has 1 aliphatic rings. The quantitative estimate of drug-likeness (QED) is 0.739. The van der Waals surface area contributed by atoms with Gasteiger partial charge in [-0.15, -0.1) is 5.75 Å². The summed E-state index contributed by atoms with van der Waals surface area (Å²) in [6.45, 7) is 0.190. The number of aromatic nitrogens is 1. The zero-order valence-electron chi connectivity index (χ0n) is 12.2. The van der Waals surface area contributed by atoms with Crippen LogP contribution in [0.5, 0.6) is 23.0 Å². The van der Waals surface area contributed by atoms with Gasteiger partial charge in [-0.2, -0.15) is 4.37 Å². The molecule has 0 fully saturated rings. The summed E-state index contributed by atoms with van der Waals surface area (Å²) >= 11 is 1.39. The molecule has 2 aromatic carbocycles. The third-order valence-electron chi connectivity index (χ3n) is 3.66. The van der Waals surface area contributed by atoms with Gasteiger partial charge in [0.05, 0.1) is 12.0 Å². The molecule has 3 aromatic rings. The summed E-state index contributed by atoms with van der Waals surface area (Å²) in [6.07, 6.45) is 1.80. The van der Waals surface area contributed by atoms with E-state index >= 15 is 0 Å². The van der Waals surface area contributed by atoms with Gasteiger partial charge in [-0.3, -0.25) is 0 Å². The second-order valence-corrected chi connectivity index (χ2v) is 5.81. The molecule has 0 bridgehead atoms. The summed E-state index contributed by atoms with van der Waals surface area (Å²) in [5.41, 5.74) is 2.86. The standard InChI is InChI=1S/C17H13NO4S/c1-20-14-6-11(7-15-16(14)22-9-21-15)17-13(8-18-23-17)10-2-4-12(19)5-3-10/h2-8,19H,9H2,1H3/p-1. The molecule has 1 aromatic heterocycles. The number of rotatable bonds is 3. The van der Waals surface area contributed by atoms with Crippen molar-refractivity contribution >= 4 is 11.5 Å². The maximum atomic E-state index is 11.3. The second kappa shape index (κ2) is 5.48. The molecule has 6 heteroatoms. The Bertz CT molecular complexity index is 858. The molecule has 0 radical (unpaired) electrons. The minimum Gasteiger partial charge on any atom is -0.872 e. The highest BCUT2D eigenvalue weighted by Gasteiger charge is 2.22. The largest absolute Gasteiger partial charge is 0.872 e. The average Bonchev–Trinajstić information content (AvgIpc) is 3.23. The average molecular weight is 326 g/mol. The van der Waals surface area contributed by atoms with E-state index in [1.54, 1.807) is 37.6 Å². The molecule has 2 heterocycles. The van der Waals surface area contributed by atoms with Gasteiger partial charge in [0, 0.05) is 17.3 Å². The number of hydrogen-bond donors (Lipinski definition) is 0. The number of fused-ring (bicyclic) bond motifs is 1. The molecule has 5 nitrogen and oxygen atoms in total. The van der Waals surface area contributed by atoms with E-state index < -0.39 is 0 Å². The highest BCUT2D eigenvalue weighted by molar-refractivity contribution is 7.10. The Morgan fingerprint density at radius 1 is 1.13 bits per heavy atom. The van der Waals surface area contributed by atoms with E-state index in [4.69, 9.17) is 14.2 Å². The first kappa shape index (κ1) is 13.9. The fourth-order valence-electron chi connectivity index (χ4n) is 2.55. The predicted octanol–water partition coefficient (Wildman–Crippen LogP) is 3.29. The first-order chi connectivity index (χ1) is 11.3. The minimum atomic E-state index is -0.0109. The van der Waals surface area contributed by atoms with Crippen LogP contribution in [0.1, 0.15) is 0 Å². The first-order valence-corrected chi connectivity index (χ1v) is 7.74. The van der Waals surface area contributed by atoms with E-state index in [9.17, 15) is 5.11 Å². The lowest BCUT2D eigenvalue weighted by molar-refractivity contribution is -0.268. The molecule has 0 amide bonds. The van der Waals surface area contributed by atoms with E-state index in [0.717, 1.165) is 21.6 Å². The summed E-state index contributed by atoms with van der Waals surface area (Å²) in [5, 5.41) is 11.3. The van der Waals surface area contributed by atoms with Crippen molar-refractivity contribution in [2.75, 3.05) is 13.9 Å². The third kappa shape index (κ3) is 2.37. The lowest BCUT2D eigenvalue weighted by Gasteiger charge is -2.09. The third-order valence-corrected chi connectivity index (χ3v) is 4.51.